The zero-order valence-electron chi connectivity index (χ0n) is 16.9. The number of aromatic carboxylic acids is 1. The molecule has 6 heteroatoms. The van der Waals surface area contributed by atoms with Crippen molar-refractivity contribution in [1.29, 1.82) is 0 Å². The maximum absolute atomic E-state index is 12.1. The van der Waals surface area contributed by atoms with Crippen molar-refractivity contribution in [2.24, 2.45) is 0 Å². The molecule has 0 aliphatic rings. The smallest absolute Gasteiger partial charge is 0.338 e. The normalized spacial score (nSPS) is 10.7. The molecule has 0 saturated heterocycles. The summed E-state index contributed by atoms with van der Waals surface area (Å²) in [5.74, 6) is -0.991. The zero-order chi connectivity index (χ0) is 19.9. The van der Waals surface area contributed by atoms with E-state index in [4.69, 9.17) is 0 Å². The van der Waals surface area contributed by atoms with Gasteiger partial charge < -0.3 is 10.4 Å². The molecular weight excluding hydrogens is 360 g/mol. The van der Waals surface area contributed by atoms with Gasteiger partial charge in [0.25, 0.3) is 0 Å². The molecule has 0 unspecified atom stereocenters. The van der Waals surface area contributed by atoms with Gasteiger partial charge in [-0.25, -0.2) is 9.59 Å². The first-order chi connectivity index (χ1) is 13.1. The lowest BCUT2D eigenvalue weighted by atomic mass is 10.1. The third kappa shape index (κ3) is 10.4. The first kappa shape index (κ1) is 23.5. The largest absolute Gasteiger partial charge is 0.478 e. The van der Waals surface area contributed by atoms with E-state index in [1.54, 1.807) is 6.07 Å². The van der Waals surface area contributed by atoms with Crippen molar-refractivity contribution >= 4 is 28.3 Å². The molecule has 1 heterocycles. The Morgan fingerprint density at radius 1 is 0.926 bits per heavy atom. The maximum Gasteiger partial charge on any atom is 0.338 e. The summed E-state index contributed by atoms with van der Waals surface area (Å²) in [6.07, 6.45) is 13.8. The van der Waals surface area contributed by atoms with E-state index in [1.165, 1.54) is 56.3 Å². The van der Waals surface area contributed by atoms with Crippen LogP contribution in [0.3, 0.4) is 0 Å². The van der Waals surface area contributed by atoms with Crippen molar-refractivity contribution in [1.82, 2.24) is 5.32 Å². The highest BCUT2D eigenvalue weighted by Gasteiger charge is 2.17. The lowest BCUT2D eigenvalue weighted by Crippen LogP contribution is -2.29. The van der Waals surface area contributed by atoms with Gasteiger partial charge in [0.15, 0.2) is 0 Å². The van der Waals surface area contributed by atoms with E-state index in [-0.39, 0.29) is 11.6 Å². The number of amides is 2. The Morgan fingerprint density at radius 3 is 2.15 bits per heavy atom. The molecule has 0 spiro atoms. The van der Waals surface area contributed by atoms with E-state index < -0.39 is 5.97 Å². The number of carboxylic acid groups (broad SMARTS) is 1. The molecule has 1 aromatic heterocycles. The third-order valence-corrected chi connectivity index (χ3v) is 5.69. The summed E-state index contributed by atoms with van der Waals surface area (Å²) in [4.78, 5) is 24.5. The van der Waals surface area contributed by atoms with Crippen molar-refractivity contribution in [3.05, 3.63) is 16.5 Å². The zero-order valence-corrected chi connectivity index (χ0v) is 17.8. The van der Waals surface area contributed by atoms with Gasteiger partial charge in [-0.15, -0.1) is 11.3 Å². The van der Waals surface area contributed by atoms with Crippen LogP contribution in [0.2, 0.25) is 0 Å². The highest BCUT2D eigenvalue weighted by Crippen LogP contribution is 2.29. The van der Waals surface area contributed by atoms with Crippen LogP contribution < -0.4 is 10.6 Å². The van der Waals surface area contributed by atoms with E-state index in [0.717, 1.165) is 37.0 Å². The fraction of sp³-hybridized carbons (Fsp3) is 0.714. The number of unbranched alkanes of at least 4 members (excludes halogenated alkanes) is 9. The van der Waals surface area contributed by atoms with Gasteiger partial charge in [-0.3, -0.25) is 5.32 Å². The van der Waals surface area contributed by atoms with Crippen LogP contribution in [0.4, 0.5) is 9.80 Å². The monoisotopic (exact) mass is 396 g/mol. The number of aryl methyl sites for hydroxylation is 1. The number of hydrogen-bond acceptors (Lipinski definition) is 3. The van der Waals surface area contributed by atoms with Crippen molar-refractivity contribution in [2.75, 3.05) is 11.9 Å². The molecule has 0 atom stereocenters. The van der Waals surface area contributed by atoms with Crippen molar-refractivity contribution in [2.45, 2.75) is 90.9 Å². The van der Waals surface area contributed by atoms with Crippen molar-refractivity contribution < 1.29 is 14.7 Å². The Bertz CT molecular complexity index is 558. The van der Waals surface area contributed by atoms with Crippen LogP contribution in [0.15, 0.2) is 6.07 Å². The van der Waals surface area contributed by atoms with Gasteiger partial charge in [-0.2, -0.15) is 0 Å². The summed E-state index contributed by atoms with van der Waals surface area (Å²) in [6, 6.07) is 1.39. The average Bonchev–Trinajstić information content (AvgIpc) is 3.03. The quantitative estimate of drug-likeness (QED) is 0.298. The first-order valence-corrected chi connectivity index (χ1v) is 11.3. The molecule has 0 saturated carbocycles. The van der Waals surface area contributed by atoms with Crippen LogP contribution in [0.25, 0.3) is 0 Å². The Morgan fingerprint density at radius 2 is 1.52 bits per heavy atom. The minimum atomic E-state index is -0.991. The maximum atomic E-state index is 12.1. The minimum absolute atomic E-state index is 0.193. The molecule has 0 aliphatic carbocycles. The molecule has 0 radical (unpaired) electrons. The first-order valence-electron chi connectivity index (χ1n) is 10.5. The predicted molar refractivity (Wildman–Crippen MR) is 114 cm³/mol. The number of nitrogens with one attached hydrogen (secondary N) is 2. The van der Waals surface area contributed by atoms with E-state index in [2.05, 4.69) is 24.5 Å². The van der Waals surface area contributed by atoms with Gasteiger partial charge in [-0.05, 0) is 25.3 Å². The van der Waals surface area contributed by atoms with Crippen molar-refractivity contribution in [3.63, 3.8) is 0 Å². The molecule has 0 aliphatic heterocycles. The second kappa shape index (κ2) is 14.5. The van der Waals surface area contributed by atoms with E-state index in [9.17, 15) is 14.7 Å². The Balaban J connectivity index is 2.38. The SMILES string of the molecule is CCCCCCCCNC(=O)Nc1sc(CCCCCCC)cc1C(=O)O. The molecule has 0 fully saturated rings. The molecular formula is C21H36N2O3S. The molecule has 1 rings (SSSR count). The van der Waals surface area contributed by atoms with Gasteiger partial charge in [0.2, 0.25) is 0 Å². The van der Waals surface area contributed by atoms with E-state index in [1.807, 2.05) is 0 Å². The number of anilines is 1. The summed E-state index contributed by atoms with van der Waals surface area (Å²) in [5.41, 5.74) is 0.193. The molecule has 3 N–H and O–H groups in total. The van der Waals surface area contributed by atoms with Crippen LogP contribution in [0.1, 0.15) is 99.7 Å². The second-order valence-corrected chi connectivity index (χ2v) is 8.21. The van der Waals surface area contributed by atoms with Crippen LogP contribution in [-0.2, 0) is 6.42 Å². The van der Waals surface area contributed by atoms with Gasteiger partial charge in [0, 0.05) is 11.4 Å². The fourth-order valence-corrected chi connectivity index (χ4v) is 4.06. The van der Waals surface area contributed by atoms with Crippen LogP contribution >= 0.6 is 11.3 Å². The molecule has 2 amide bonds. The molecule has 27 heavy (non-hydrogen) atoms. The van der Waals surface area contributed by atoms with Gasteiger partial charge >= 0.3 is 12.0 Å². The van der Waals surface area contributed by atoms with Gasteiger partial charge in [0.05, 0.1) is 5.56 Å². The molecule has 1 aromatic rings. The molecule has 5 nitrogen and oxygen atoms in total. The number of urea groups is 1. The van der Waals surface area contributed by atoms with E-state index >= 15 is 0 Å². The topological polar surface area (TPSA) is 78.4 Å². The van der Waals surface area contributed by atoms with Crippen LogP contribution in [-0.4, -0.2) is 23.7 Å². The lowest BCUT2D eigenvalue weighted by Gasteiger charge is -2.07. The minimum Gasteiger partial charge on any atom is -0.478 e. The predicted octanol–water partition coefficient (Wildman–Crippen LogP) is 6.44. The van der Waals surface area contributed by atoms with Gasteiger partial charge in [-0.1, -0.05) is 71.6 Å². The summed E-state index contributed by atoms with van der Waals surface area (Å²) in [6.45, 7) is 5.00. The summed E-state index contributed by atoms with van der Waals surface area (Å²) in [7, 11) is 0. The average molecular weight is 397 g/mol. The number of rotatable bonds is 15. The molecule has 154 valence electrons. The van der Waals surface area contributed by atoms with Crippen molar-refractivity contribution in [3.8, 4) is 0 Å². The molecule has 0 bridgehead atoms. The lowest BCUT2D eigenvalue weighted by molar-refractivity contribution is 0.0698. The van der Waals surface area contributed by atoms with E-state index in [0.29, 0.717) is 11.5 Å². The number of hydrogen-bond donors (Lipinski definition) is 3. The number of carboxylic acids is 1. The number of carbonyl (C=O) groups excluding carboxylic acids is 1. The standard InChI is InChI=1S/C21H36N2O3S/c1-3-5-7-9-11-13-15-22-21(26)23-19-18(20(24)25)16-17(27-19)14-12-10-8-6-4-2/h16H,3-15H2,1-2H3,(H,24,25)(H2,22,23,26). The highest BCUT2D eigenvalue weighted by atomic mass is 32.1. The third-order valence-electron chi connectivity index (χ3n) is 4.58. The Kier molecular flexibility index (Phi) is 12.6. The summed E-state index contributed by atoms with van der Waals surface area (Å²) < 4.78 is 0. The second-order valence-electron chi connectivity index (χ2n) is 7.07. The molecule has 0 aromatic carbocycles. The Hall–Kier alpha value is -1.56. The number of thiophene rings is 1. The highest BCUT2D eigenvalue weighted by molar-refractivity contribution is 7.16. The van der Waals surface area contributed by atoms with Gasteiger partial charge in [0.1, 0.15) is 5.00 Å². The Labute approximate surface area is 167 Å². The summed E-state index contributed by atoms with van der Waals surface area (Å²) >= 11 is 1.38. The fourth-order valence-electron chi connectivity index (χ4n) is 2.97. The van der Waals surface area contributed by atoms with Crippen LogP contribution in [0.5, 0.6) is 0 Å². The number of carbonyl (C=O) groups is 2. The summed E-state index contributed by atoms with van der Waals surface area (Å²) in [5, 5.41) is 15.4. The van der Waals surface area contributed by atoms with Crippen LogP contribution in [0, 0.1) is 0 Å².